The second-order valence-corrected chi connectivity index (χ2v) is 7.66. The van der Waals surface area contributed by atoms with Crippen molar-refractivity contribution in [2.45, 2.75) is 118 Å². The quantitative estimate of drug-likeness (QED) is 0.224. The molecule has 0 aliphatic heterocycles. The third kappa shape index (κ3) is 13.6. The van der Waals surface area contributed by atoms with Crippen LogP contribution in [0, 0.1) is 5.41 Å². The van der Waals surface area contributed by atoms with E-state index in [4.69, 9.17) is 4.74 Å². The SMILES string of the molecule is CCCCCCCCCCCCCCOC(=O)C(C)(C)CCC. The van der Waals surface area contributed by atoms with Gasteiger partial charge in [0.1, 0.15) is 0 Å². The molecule has 0 N–H and O–H groups in total. The number of carbonyl (C=O) groups excluding carboxylic acids is 1. The van der Waals surface area contributed by atoms with Crippen molar-refractivity contribution in [3.8, 4) is 0 Å². The predicted molar refractivity (Wildman–Crippen MR) is 101 cm³/mol. The van der Waals surface area contributed by atoms with Crippen LogP contribution >= 0.6 is 0 Å². The van der Waals surface area contributed by atoms with Crippen molar-refractivity contribution in [2.24, 2.45) is 5.41 Å². The predicted octanol–water partition coefficient (Wildman–Crippen LogP) is 7.06. The molecule has 138 valence electrons. The average molecular weight is 327 g/mol. The highest BCUT2D eigenvalue weighted by Crippen LogP contribution is 2.24. The average Bonchev–Trinajstić information content (AvgIpc) is 2.51. The van der Waals surface area contributed by atoms with E-state index in [1.54, 1.807) is 0 Å². The second-order valence-electron chi connectivity index (χ2n) is 7.66. The smallest absolute Gasteiger partial charge is 0.311 e. The molecule has 0 saturated carbocycles. The monoisotopic (exact) mass is 326 g/mol. The molecule has 0 fully saturated rings. The highest BCUT2D eigenvalue weighted by atomic mass is 16.5. The standard InChI is InChI=1S/C21H42O2/c1-5-7-8-9-10-11-12-13-14-15-16-17-19-23-20(22)21(3,4)18-6-2/h5-19H2,1-4H3. The molecule has 23 heavy (non-hydrogen) atoms. The van der Waals surface area contributed by atoms with Gasteiger partial charge in [-0.1, -0.05) is 90.9 Å². The largest absolute Gasteiger partial charge is 0.465 e. The lowest BCUT2D eigenvalue weighted by atomic mass is 9.88. The van der Waals surface area contributed by atoms with Crippen molar-refractivity contribution in [1.29, 1.82) is 0 Å². The Balaban J connectivity index is 3.29. The summed E-state index contributed by atoms with van der Waals surface area (Å²) >= 11 is 0. The summed E-state index contributed by atoms with van der Waals surface area (Å²) in [7, 11) is 0. The maximum absolute atomic E-state index is 11.9. The Bertz CT molecular complexity index is 271. The van der Waals surface area contributed by atoms with Crippen molar-refractivity contribution in [3.63, 3.8) is 0 Å². The normalized spacial score (nSPS) is 11.7. The van der Waals surface area contributed by atoms with E-state index < -0.39 is 0 Å². The number of hydrogen-bond donors (Lipinski definition) is 0. The molecule has 0 amide bonds. The van der Waals surface area contributed by atoms with Gasteiger partial charge in [-0.25, -0.2) is 0 Å². The third-order valence-electron chi connectivity index (χ3n) is 4.66. The van der Waals surface area contributed by atoms with Gasteiger partial charge in [-0.15, -0.1) is 0 Å². The van der Waals surface area contributed by atoms with Gasteiger partial charge in [0.15, 0.2) is 0 Å². The molecule has 0 rings (SSSR count). The van der Waals surface area contributed by atoms with Gasteiger partial charge in [0.05, 0.1) is 12.0 Å². The van der Waals surface area contributed by atoms with Gasteiger partial charge in [-0.3, -0.25) is 4.79 Å². The van der Waals surface area contributed by atoms with Crippen LogP contribution in [0.2, 0.25) is 0 Å². The zero-order valence-corrected chi connectivity index (χ0v) is 16.4. The number of unbranched alkanes of at least 4 members (excludes halogenated alkanes) is 11. The first-order valence-electron chi connectivity index (χ1n) is 10.2. The number of hydrogen-bond acceptors (Lipinski definition) is 2. The van der Waals surface area contributed by atoms with Crippen molar-refractivity contribution in [2.75, 3.05) is 6.61 Å². The number of carbonyl (C=O) groups is 1. The third-order valence-corrected chi connectivity index (χ3v) is 4.66. The van der Waals surface area contributed by atoms with Gasteiger partial charge in [-0.2, -0.15) is 0 Å². The lowest BCUT2D eigenvalue weighted by Crippen LogP contribution is -2.26. The molecule has 0 saturated heterocycles. The summed E-state index contributed by atoms with van der Waals surface area (Å²) in [5, 5.41) is 0. The molecule has 0 unspecified atom stereocenters. The van der Waals surface area contributed by atoms with Crippen LogP contribution in [0.4, 0.5) is 0 Å². The minimum Gasteiger partial charge on any atom is -0.465 e. The Morgan fingerprint density at radius 1 is 0.696 bits per heavy atom. The minimum absolute atomic E-state index is 0.0255. The van der Waals surface area contributed by atoms with E-state index in [0.29, 0.717) is 6.61 Å². The topological polar surface area (TPSA) is 26.3 Å². The Morgan fingerprint density at radius 2 is 1.13 bits per heavy atom. The fraction of sp³-hybridized carbons (Fsp3) is 0.952. The Labute approximate surface area is 145 Å². The van der Waals surface area contributed by atoms with E-state index in [2.05, 4.69) is 13.8 Å². The molecule has 0 heterocycles. The van der Waals surface area contributed by atoms with Crippen LogP contribution in [0.5, 0.6) is 0 Å². The molecular weight excluding hydrogens is 284 g/mol. The summed E-state index contributed by atoms with van der Waals surface area (Å²) < 4.78 is 5.41. The van der Waals surface area contributed by atoms with Crippen LogP contribution in [0.1, 0.15) is 118 Å². The summed E-state index contributed by atoms with van der Waals surface area (Å²) in [4.78, 5) is 11.9. The van der Waals surface area contributed by atoms with Crippen LogP contribution in [0.3, 0.4) is 0 Å². The van der Waals surface area contributed by atoms with Crippen LogP contribution < -0.4 is 0 Å². The Kier molecular flexibility index (Phi) is 14.7. The highest BCUT2D eigenvalue weighted by molar-refractivity contribution is 5.75. The maximum Gasteiger partial charge on any atom is 0.311 e. The van der Waals surface area contributed by atoms with E-state index in [0.717, 1.165) is 19.3 Å². The molecular formula is C21H42O2. The summed E-state index contributed by atoms with van der Waals surface area (Å²) in [5.41, 5.74) is -0.314. The Morgan fingerprint density at radius 3 is 1.57 bits per heavy atom. The fourth-order valence-corrected chi connectivity index (χ4v) is 3.03. The summed E-state index contributed by atoms with van der Waals surface area (Å²) in [6.45, 7) is 8.96. The second kappa shape index (κ2) is 15.0. The molecule has 2 heteroatoms. The first kappa shape index (κ1) is 22.5. The summed E-state index contributed by atoms with van der Waals surface area (Å²) in [6, 6.07) is 0. The van der Waals surface area contributed by atoms with Gasteiger partial charge in [0.25, 0.3) is 0 Å². The number of ether oxygens (including phenoxy) is 1. The lowest BCUT2D eigenvalue weighted by Gasteiger charge is -2.21. The van der Waals surface area contributed by atoms with E-state index in [-0.39, 0.29) is 11.4 Å². The zero-order chi connectivity index (χ0) is 17.4. The molecule has 2 nitrogen and oxygen atoms in total. The molecule has 0 spiro atoms. The molecule has 0 bridgehead atoms. The van der Waals surface area contributed by atoms with E-state index in [1.165, 1.54) is 70.6 Å². The first-order chi connectivity index (χ1) is 11.0. The zero-order valence-electron chi connectivity index (χ0n) is 16.4. The van der Waals surface area contributed by atoms with Crippen LogP contribution in [0.15, 0.2) is 0 Å². The van der Waals surface area contributed by atoms with E-state index in [1.807, 2.05) is 13.8 Å². The summed E-state index contributed by atoms with van der Waals surface area (Å²) in [6.07, 6.45) is 18.0. The Hall–Kier alpha value is -0.530. The van der Waals surface area contributed by atoms with Gasteiger partial charge >= 0.3 is 5.97 Å². The van der Waals surface area contributed by atoms with Crippen molar-refractivity contribution < 1.29 is 9.53 Å². The lowest BCUT2D eigenvalue weighted by molar-refractivity contribution is -0.154. The highest BCUT2D eigenvalue weighted by Gasteiger charge is 2.27. The number of rotatable bonds is 16. The molecule has 0 aromatic carbocycles. The molecule has 0 aromatic heterocycles. The van der Waals surface area contributed by atoms with Crippen LogP contribution in [-0.2, 0) is 9.53 Å². The first-order valence-corrected chi connectivity index (χ1v) is 10.2. The van der Waals surface area contributed by atoms with E-state index >= 15 is 0 Å². The van der Waals surface area contributed by atoms with E-state index in [9.17, 15) is 4.79 Å². The molecule has 0 aromatic rings. The fourth-order valence-electron chi connectivity index (χ4n) is 3.03. The van der Waals surface area contributed by atoms with Crippen molar-refractivity contribution in [3.05, 3.63) is 0 Å². The van der Waals surface area contributed by atoms with Gasteiger partial charge in [0.2, 0.25) is 0 Å². The molecule has 0 radical (unpaired) electrons. The molecule has 0 aliphatic rings. The molecule has 0 aliphatic carbocycles. The van der Waals surface area contributed by atoms with Crippen molar-refractivity contribution >= 4 is 5.97 Å². The van der Waals surface area contributed by atoms with Crippen LogP contribution in [-0.4, -0.2) is 12.6 Å². The van der Waals surface area contributed by atoms with Crippen LogP contribution in [0.25, 0.3) is 0 Å². The van der Waals surface area contributed by atoms with Gasteiger partial charge in [-0.05, 0) is 26.7 Å². The summed E-state index contributed by atoms with van der Waals surface area (Å²) in [5.74, 6) is -0.0255. The van der Waals surface area contributed by atoms with Gasteiger partial charge in [0, 0.05) is 0 Å². The number of esters is 1. The van der Waals surface area contributed by atoms with Gasteiger partial charge < -0.3 is 4.74 Å². The van der Waals surface area contributed by atoms with Crippen molar-refractivity contribution in [1.82, 2.24) is 0 Å². The molecule has 0 atom stereocenters. The minimum atomic E-state index is -0.314. The maximum atomic E-state index is 11.9.